The smallest absolute Gasteiger partial charge is 0.193 e. The highest BCUT2D eigenvalue weighted by Crippen LogP contribution is 2.13. The van der Waals surface area contributed by atoms with Gasteiger partial charge in [0.1, 0.15) is 0 Å². The molecule has 0 aromatic heterocycles. The van der Waals surface area contributed by atoms with Crippen LogP contribution < -0.4 is 11.1 Å². The number of nitrogens with one attached hydrogen (secondary N) is 1. The van der Waals surface area contributed by atoms with Gasteiger partial charge in [-0.25, -0.2) is 0 Å². The first-order valence-corrected chi connectivity index (χ1v) is 8.49. The molecule has 1 heterocycles. The zero-order valence-corrected chi connectivity index (χ0v) is 15.0. The normalized spacial score (nSPS) is 18.9. The molecule has 0 spiro atoms. The van der Waals surface area contributed by atoms with Crippen LogP contribution in [0.15, 0.2) is 23.2 Å². The quantitative estimate of drug-likeness (QED) is 0.643. The van der Waals surface area contributed by atoms with Crippen LogP contribution in [0.3, 0.4) is 0 Å². The minimum absolute atomic E-state index is 0.499. The molecule has 3 N–H and O–H groups in total. The molecule has 128 valence electrons. The van der Waals surface area contributed by atoms with E-state index in [4.69, 9.17) is 5.73 Å². The highest BCUT2D eigenvalue weighted by molar-refractivity contribution is 5.92. The first kappa shape index (κ1) is 17.8. The van der Waals surface area contributed by atoms with E-state index in [1.54, 1.807) is 0 Å². The molecule has 5 heteroatoms. The second kappa shape index (κ2) is 8.31. The molecule has 0 amide bonds. The Morgan fingerprint density at radius 2 is 1.91 bits per heavy atom. The van der Waals surface area contributed by atoms with Crippen molar-refractivity contribution in [1.29, 1.82) is 0 Å². The van der Waals surface area contributed by atoms with Crippen molar-refractivity contribution in [2.24, 2.45) is 16.6 Å². The summed E-state index contributed by atoms with van der Waals surface area (Å²) in [5.41, 5.74) is 9.55. The van der Waals surface area contributed by atoms with E-state index in [0.29, 0.717) is 11.9 Å². The minimum atomic E-state index is 0.499. The molecule has 2 rings (SSSR count). The number of likely N-dealkylation sites (N-methyl/N-ethyl adjacent to an activating group) is 1. The van der Waals surface area contributed by atoms with E-state index in [-0.39, 0.29) is 0 Å². The lowest BCUT2D eigenvalue weighted by atomic mass is 10.1. The summed E-state index contributed by atoms with van der Waals surface area (Å²) in [6.45, 7) is 12.9. The van der Waals surface area contributed by atoms with E-state index in [1.807, 2.05) is 6.07 Å². The first-order chi connectivity index (χ1) is 10.9. The lowest BCUT2D eigenvalue weighted by Gasteiger charge is -2.33. The maximum atomic E-state index is 6.01. The number of nitrogens with zero attached hydrogens (tertiary/aromatic N) is 3. The van der Waals surface area contributed by atoms with Crippen molar-refractivity contribution >= 4 is 11.6 Å². The number of guanidine groups is 1. The summed E-state index contributed by atoms with van der Waals surface area (Å²) >= 11 is 0. The fourth-order valence-corrected chi connectivity index (χ4v) is 2.79. The van der Waals surface area contributed by atoms with Crippen LogP contribution in [0.5, 0.6) is 0 Å². The maximum Gasteiger partial charge on any atom is 0.193 e. The summed E-state index contributed by atoms with van der Waals surface area (Å²) < 4.78 is 0. The van der Waals surface area contributed by atoms with Gasteiger partial charge in [-0.05, 0) is 50.1 Å². The van der Waals surface area contributed by atoms with Gasteiger partial charge in [-0.2, -0.15) is 0 Å². The van der Waals surface area contributed by atoms with Crippen LogP contribution in [-0.4, -0.2) is 62.1 Å². The van der Waals surface area contributed by atoms with Gasteiger partial charge in [0, 0.05) is 45.0 Å². The summed E-state index contributed by atoms with van der Waals surface area (Å²) in [5, 5.41) is 3.18. The van der Waals surface area contributed by atoms with Gasteiger partial charge < -0.3 is 20.9 Å². The molecule has 5 nitrogen and oxygen atoms in total. The van der Waals surface area contributed by atoms with Gasteiger partial charge in [0.15, 0.2) is 5.96 Å². The van der Waals surface area contributed by atoms with Crippen molar-refractivity contribution < 1.29 is 0 Å². The highest BCUT2D eigenvalue weighted by Gasteiger charge is 2.15. The van der Waals surface area contributed by atoms with Crippen LogP contribution in [0.1, 0.15) is 18.1 Å². The van der Waals surface area contributed by atoms with Crippen molar-refractivity contribution in [1.82, 2.24) is 9.80 Å². The Hall–Kier alpha value is -1.59. The number of nitrogens with two attached hydrogens (primary N) is 1. The molecule has 0 aliphatic carbocycles. The van der Waals surface area contributed by atoms with E-state index in [2.05, 4.69) is 60.1 Å². The number of aryl methyl sites for hydroxylation is 2. The van der Waals surface area contributed by atoms with Gasteiger partial charge in [0.2, 0.25) is 0 Å². The molecule has 1 fully saturated rings. The van der Waals surface area contributed by atoms with Gasteiger partial charge in [0.05, 0.1) is 0 Å². The highest BCUT2D eigenvalue weighted by atomic mass is 15.2. The lowest BCUT2D eigenvalue weighted by molar-refractivity contribution is 0.140. The van der Waals surface area contributed by atoms with E-state index >= 15 is 0 Å². The second-order valence-corrected chi connectivity index (χ2v) is 6.86. The molecule has 0 saturated carbocycles. The van der Waals surface area contributed by atoms with Crippen molar-refractivity contribution in [2.45, 2.75) is 20.8 Å². The largest absolute Gasteiger partial charge is 0.370 e. The average Bonchev–Trinajstić information content (AvgIpc) is 2.51. The van der Waals surface area contributed by atoms with E-state index < -0.39 is 0 Å². The number of rotatable bonds is 5. The van der Waals surface area contributed by atoms with Gasteiger partial charge in [-0.3, -0.25) is 4.99 Å². The van der Waals surface area contributed by atoms with Crippen LogP contribution in [-0.2, 0) is 0 Å². The molecule has 1 aromatic carbocycles. The molecule has 0 radical (unpaired) electrons. The number of aliphatic imine (C=N–C) groups is 1. The van der Waals surface area contributed by atoms with E-state index in [9.17, 15) is 0 Å². The fraction of sp³-hybridized carbons (Fsp3) is 0.611. The van der Waals surface area contributed by atoms with E-state index in [1.165, 1.54) is 11.1 Å². The zero-order valence-electron chi connectivity index (χ0n) is 15.0. The Morgan fingerprint density at radius 1 is 1.22 bits per heavy atom. The van der Waals surface area contributed by atoms with Crippen LogP contribution in [0.2, 0.25) is 0 Å². The predicted octanol–water partition coefficient (Wildman–Crippen LogP) is 1.91. The summed E-state index contributed by atoms with van der Waals surface area (Å²) in [4.78, 5) is 9.40. The Morgan fingerprint density at radius 3 is 2.57 bits per heavy atom. The van der Waals surface area contributed by atoms with Gasteiger partial charge in [0.25, 0.3) is 0 Å². The maximum absolute atomic E-state index is 6.01. The number of piperazine rings is 1. The molecule has 1 aromatic rings. The molecule has 1 saturated heterocycles. The van der Waals surface area contributed by atoms with Crippen molar-refractivity contribution in [2.75, 3.05) is 51.6 Å². The zero-order chi connectivity index (χ0) is 16.8. The van der Waals surface area contributed by atoms with Crippen molar-refractivity contribution in [3.05, 3.63) is 29.3 Å². The third kappa shape index (κ3) is 5.84. The van der Waals surface area contributed by atoms with Crippen molar-refractivity contribution in [3.63, 3.8) is 0 Å². The van der Waals surface area contributed by atoms with Gasteiger partial charge in [-0.15, -0.1) is 0 Å². The monoisotopic (exact) mass is 317 g/mol. The molecule has 0 bridgehead atoms. The molecule has 23 heavy (non-hydrogen) atoms. The van der Waals surface area contributed by atoms with Crippen LogP contribution >= 0.6 is 0 Å². The first-order valence-electron chi connectivity index (χ1n) is 8.49. The Bertz CT molecular complexity index is 532. The topological polar surface area (TPSA) is 56.9 Å². The average molecular weight is 317 g/mol. The molecule has 1 aliphatic heterocycles. The molecular formula is C18H31N5. The number of hydrogen-bond donors (Lipinski definition) is 2. The number of hydrogen-bond acceptors (Lipinski definition) is 3. The predicted molar refractivity (Wildman–Crippen MR) is 99.1 cm³/mol. The second-order valence-electron chi connectivity index (χ2n) is 6.86. The summed E-state index contributed by atoms with van der Waals surface area (Å²) in [7, 11) is 2.18. The minimum Gasteiger partial charge on any atom is -0.370 e. The number of anilines is 1. The lowest BCUT2D eigenvalue weighted by Crippen LogP contribution is -2.46. The SMILES string of the molecule is Cc1ccc(NC(N)=NCC(C)CN2CCN(C)CC2)cc1C. The summed E-state index contributed by atoms with van der Waals surface area (Å²) in [6, 6.07) is 6.24. The van der Waals surface area contributed by atoms with Crippen molar-refractivity contribution in [3.8, 4) is 0 Å². The molecular weight excluding hydrogens is 286 g/mol. The van der Waals surface area contributed by atoms with Crippen LogP contribution in [0.25, 0.3) is 0 Å². The van der Waals surface area contributed by atoms with E-state index in [0.717, 1.165) is 45.0 Å². The van der Waals surface area contributed by atoms with Gasteiger partial charge >= 0.3 is 0 Å². The van der Waals surface area contributed by atoms with Crippen LogP contribution in [0.4, 0.5) is 5.69 Å². The fourth-order valence-electron chi connectivity index (χ4n) is 2.79. The Kier molecular flexibility index (Phi) is 6.42. The number of benzene rings is 1. The molecule has 1 aliphatic rings. The summed E-state index contributed by atoms with van der Waals surface area (Å²) in [5.74, 6) is 1.01. The Balaban J connectivity index is 1.78. The molecule has 1 unspecified atom stereocenters. The Labute approximate surface area is 140 Å². The van der Waals surface area contributed by atoms with Crippen LogP contribution in [0, 0.1) is 19.8 Å². The van der Waals surface area contributed by atoms with Gasteiger partial charge in [-0.1, -0.05) is 13.0 Å². The standard InChI is InChI=1S/C18H31N5/c1-14(13-23-9-7-22(4)8-10-23)12-20-18(19)21-17-6-5-15(2)16(3)11-17/h5-6,11,14H,7-10,12-13H2,1-4H3,(H3,19,20,21). The molecule has 1 atom stereocenters. The summed E-state index contributed by atoms with van der Waals surface area (Å²) in [6.07, 6.45) is 0. The third-order valence-electron chi connectivity index (χ3n) is 4.52. The third-order valence-corrected chi connectivity index (χ3v) is 4.52.